The first-order valence-corrected chi connectivity index (χ1v) is 8.92. The van der Waals surface area contributed by atoms with E-state index in [1.165, 1.54) is 12.1 Å². The quantitative estimate of drug-likeness (QED) is 0.835. The molecule has 0 unspecified atom stereocenters. The van der Waals surface area contributed by atoms with Crippen molar-refractivity contribution in [2.75, 3.05) is 44.2 Å². The van der Waals surface area contributed by atoms with Crippen molar-refractivity contribution >= 4 is 5.69 Å². The van der Waals surface area contributed by atoms with Gasteiger partial charge in [-0.2, -0.15) is 13.2 Å². The predicted molar refractivity (Wildman–Crippen MR) is 98.0 cm³/mol. The third-order valence-corrected chi connectivity index (χ3v) is 4.57. The Morgan fingerprint density at radius 2 is 1.67 bits per heavy atom. The summed E-state index contributed by atoms with van der Waals surface area (Å²) in [5.41, 5.74) is -0.0478. The lowest BCUT2D eigenvalue weighted by Crippen LogP contribution is -2.49. The molecule has 1 N–H and O–H groups in total. The lowest BCUT2D eigenvalue weighted by atomic mass is 10.1. The molecule has 27 heavy (non-hydrogen) atoms. The second-order valence-corrected chi connectivity index (χ2v) is 6.61. The number of anilines is 1. The molecule has 2 aromatic carbocycles. The van der Waals surface area contributed by atoms with Crippen molar-refractivity contribution < 1.29 is 23.0 Å². The van der Waals surface area contributed by atoms with E-state index in [-0.39, 0.29) is 6.61 Å². The van der Waals surface area contributed by atoms with Gasteiger partial charge in [0.25, 0.3) is 0 Å². The van der Waals surface area contributed by atoms with E-state index in [4.69, 9.17) is 4.74 Å². The normalized spacial score (nSPS) is 17.0. The number of β-amino-alcohol motifs (C(OH)–C–C–N with tert-alkyl or cyclic N) is 1. The first kappa shape index (κ1) is 19.5. The molecule has 2 aromatic rings. The summed E-state index contributed by atoms with van der Waals surface area (Å²) < 4.78 is 44.2. The summed E-state index contributed by atoms with van der Waals surface area (Å²) in [6, 6.07) is 14.7. The number of hydrogen-bond donors (Lipinski definition) is 1. The largest absolute Gasteiger partial charge is 0.491 e. The molecular weight excluding hydrogens is 357 g/mol. The summed E-state index contributed by atoms with van der Waals surface area (Å²) in [7, 11) is 0. The minimum absolute atomic E-state index is 0.206. The standard InChI is InChI=1S/C20H23F3N2O2/c21-20(22,23)16-5-4-6-17(13-16)25-11-9-24(10-12-25)14-18(26)15-27-19-7-2-1-3-8-19/h1-8,13,18,26H,9-12,14-15H2/t18-/m0/s1. The number of aliphatic hydroxyl groups is 1. The van der Waals surface area contributed by atoms with Crippen LogP contribution in [0.5, 0.6) is 5.75 Å². The average Bonchev–Trinajstić information content (AvgIpc) is 2.67. The van der Waals surface area contributed by atoms with Crippen molar-refractivity contribution in [1.82, 2.24) is 4.90 Å². The number of rotatable bonds is 6. The van der Waals surface area contributed by atoms with E-state index in [0.29, 0.717) is 44.2 Å². The van der Waals surface area contributed by atoms with Crippen molar-refractivity contribution in [1.29, 1.82) is 0 Å². The number of aliphatic hydroxyl groups excluding tert-OH is 1. The van der Waals surface area contributed by atoms with Crippen LogP contribution in [-0.4, -0.2) is 55.4 Å². The van der Waals surface area contributed by atoms with Gasteiger partial charge in [-0.15, -0.1) is 0 Å². The molecule has 0 aliphatic carbocycles. The molecule has 146 valence electrons. The smallest absolute Gasteiger partial charge is 0.416 e. The Bertz CT molecular complexity index is 717. The molecule has 0 radical (unpaired) electrons. The summed E-state index contributed by atoms with van der Waals surface area (Å²) in [4.78, 5) is 4.04. The Kier molecular flexibility index (Phi) is 6.23. The maximum atomic E-state index is 12.9. The molecule has 0 spiro atoms. The monoisotopic (exact) mass is 380 g/mol. The number of piperazine rings is 1. The van der Waals surface area contributed by atoms with Crippen molar-refractivity contribution in [3.05, 3.63) is 60.2 Å². The second-order valence-electron chi connectivity index (χ2n) is 6.61. The molecule has 0 bridgehead atoms. The summed E-state index contributed by atoms with van der Waals surface area (Å²) in [5.74, 6) is 0.714. The number of halogens is 3. The minimum Gasteiger partial charge on any atom is -0.491 e. The topological polar surface area (TPSA) is 35.9 Å². The third kappa shape index (κ3) is 5.61. The predicted octanol–water partition coefficient (Wildman–Crippen LogP) is 3.27. The zero-order valence-corrected chi connectivity index (χ0v) is 14.9. The lowest BCUT2D eigenvalue weighted by Gasteiger charge is -2.37. The van der Waals surface area contributed by atoms with Gasteiger partial charge in [0, 0.05) is 38.4 Å². The van der Waals surface area contributed by atoms with Crippen LogP contribution in [0.3, 0.4) is 0 Å². The van der Waals surface area contributed by atoms with E-state index in [2.05, 4.69) is 4.90 Å². The zero-order valence-electron chi connectivity index (χ0n) is 14.9. The van der Waals surface area contributed by atoms with Crippen LogP contribution in [0.15, 0.2) is 54.6 Å². The van der Waals surface area contributed by atoms with Gasteiger partial charge in [-0.3, -0.25) is 4.90 Å². The van der Waals surface area contributed by atoms with Crippen LogP contribution in [-0.2, 0) is 6.18 Å². The lowest BCUT2D eigenvalue weighted by molar-refractivity contribution is -0.137. The molecule has 1 aliphatic rings. The highest BCUT2D eigenvalue weighted by Gasteiger charge is 2.31. The Morgan fingerprint density at radius 1 is 0.963 bits per heavy atom. The van der Waals surface area contributed by atoms with Crippen LogP contribution in [0, 0.1) is 0 Å². The van der Waals surface area contributed by atoms with E-state index in [0.717, 1.165) is 6.07 Å². The first-order chi connectivity index (χ1) is 12.9. The van der Waals surface area contributed by atoms with Crippen LogP contribution < -0.4 is 9.64 Å². The van der Waals surface area contributed by atoms with Gasteiger partial charge in [0.15, 0.2) is 0 Å². The number of nitrogens with zero attached hydrogens (tertiary/aromatic N) is 2. The van der Waals surface area contributed by atoms with Crippen molar-refractivity contribution in [3.63, 3.8) is 0 Å². The second kappa shape index (κ2) is 8.63. The van der Waals surface area contributed by atoms with Crippen LogP contribution in [0.2, 0.25) is 0 Å². The Labute approximate surface area is 156 Å². The van der Waals surface area contributed by atoms with Crippen LogP contribution >= 0.6 is 0 Å². The van der Waals surface area contributed by atoms with Gasteiger partial charge in [-0.1, -0.05) is 24.3 Å². The molecule has 1 heterocycles. The van der Waals surface area contributed by atoms with Gasteiger partial charge in [-0.25, -0.2) is 0 Å². The summed E-state index contributed by atoms with van der Waals surface area (Å²) >= 11 is 0. The Hall–Kier alpha value is -2.25. The van der Waals surface area contributed by atoms with Crippen molar-refractivity contribution in [2.45, 2.75) is 12.3 Å². The number of alkyl halides is 3. The molecule has 1 fully saturated rings. The van der Waals surface area contributed by atoms with Gasteiger partial charge in [0.2, 0.25) is 0 Å². The molecule has 4 nitrogen and oxygen atoms in total. The van der Waals surface area contributed by atoms with Gasteiger partial charge in [-0.05, 0) is 30.3 Å². The summed E-state index contributed by atoms with van der Waals surface area (Å²) in [6.07, 6.45) is -4.95. The molecule has 7 heteroatoms. The zero-order chi connectivity index (χ0) is 19.3. The molecule has 1 saturated heterocycles. The van der Waals surface area contributed by atoms with Crippen molar-refractivity contribution in [2.24, 2.45) is 0 Å². The van der Waals surface area contributed by atoms with Crippen LogP contribution in [0.1, 0.15) is 5.56 Å². The number of para-hydroxylation sites is 1. The molecule has 0 amide bonds. The highest BCUT2D eigenvalue weighted by molar-refractivity contribution is 5.49. The highest BCUT2D eigenvalue weighted by Crippen LogP contribution is 2.31. The fraction of sp³-hybridized carbons (Fsp3) is 0.400. The van der Waals surface area contributed by atoms with Gasteiger partial charge < -0.3 is 14.7 Å². The fourth-order valence-corrected chi connectivity index (χ4v) is 3.13. The van der Waals surface area contributed by atoms with Crippen molar-refractivity contribution in [3.8, 4) is 5.75 Å². The Balaban J connectivity index is 1.46. The van der Waals surface area contributed by atoms with Crippen LogP contribution in [0.4, 0.5) is 18.9 Å². The highest BCUT2D eigenvalue weighted by atomic mass is 19.4. The summed E-state index contributed by atoms with van der Waals surface area (Å²) in [5, 5.41) is 10.2. The summed E-state index contributed by atoms with van der Waals surface area (Å²) in [6.45, 7) is 3.28. The SMILES string of the molecule is O[C@H](COc1ccccc1)CN1CCN(c2cccc(C(F)(F)F)c2)CC1. The van der Waals surface area contributed by atoms with Crippen LogP contribution in [0.25, 0.3) is 0 Å². The third-order valence-electron chi connectivity index (χ3n) is 4.57. The molecule has 0 aromatic heterocycles. The van der Waals surface area contributed by atoms with E-state index >= 15 is 0 Å². The number of benzene rings is 2. The number of ether oxygens (including phenoxy) is 1. The minimum atomic E-state index is -4.33. The van der Waals surface area contributed by atoms with Gasteiger partial charge in [0.1, 0.15) is 18.5 Å². The van der Waals surface area contributed by atoms with E-state index < -0.39 is 17.8 Å². The van der Waals surface area contributed by atoms with E-state index in [9.17, 15) is 18.3 Å². The van der Waals surface area contributed by atoms with Gasteiger partial charge in [0.05, 0.1) is 5.56 Å². The fourth-order valence-electron chi connectivity index (χ4n) is 3.13. The first-order valence-electron chi connectivity index (χ1n) is 8.92. The Morgan fingerprint density at radius 3 is 2.33 bits per heavy atom. The molecule has 1 atom stereocenters. The maximum Gasteiger partial charge on any atom is 0.416 e. The number of hydrogen-bond acceptors (Lipinski definition) is 4. The van der Waals surface area contributed by atoms with Gasteiger partial charge >= 0.3 is 6.18 Å². The molecule has 0 saturated carbocycles. The van der Waals surface area contributed by atoms with E-state index in [1.807, 2.05) is 35.2 Å². The average molecular weight is 380 g/mol. The van der Waals surface area contributed by atoms with E-state index in [1.54, 1.807) is 6.07 Å². The maximum absolute atomic E-state index is 12.9. The molecular formula is C20H23F3N2O2. The molecule has 3 rings (SSSR count). The molecule has 1 aliphatic heterocycles.